The lowest BCUT2D eigenvalue weighted by molar-refractivity contribution is -0.121. The molecule has 2 rings (SSSR count). The van der Waals surface area contributed by atoms with Gasteiger partial charge >= 0.3 is 0 Å². The largest absolute Gasteiger partial charge is 0.479 e. The molecule has 1 N–H and O–H groups in total. The van der Waals surface area contributed by atoms with E-state index in [0.29, 0.717) is 26.4 Å². The molecule has 0 radical (unpaired) electrons. The molecule has 0 spiro atoms. The second kappa shape index (κ2) is 6.65. The van der Waals surface area contributed by atoms with Gasteiger partial charge in [0.2, 0.25) is 0 Å². The highest BCUT2D eigenvalue weighted by molar-refractivity contribution is 9.10. The molecule has 1 atom stereocenters. The summed E-state index contributed by atoms with van der Waals surface area (Å²) in [7, 11) is 0. The first-order chi connectivity index (χ1) is 9.96. The molecule has 1 unspecified atom stereocenters. The minimum Gasteiger partial charge on any atom is -0.479 e. The molecule has 0 amide bonds. The summed E-state index contributed by atoms with van der Waals surface area (Å²) in [5.74, 6) is 0.722. The Bertz CT molecular complexity index is 507. The number of aryl methyl sites for hydroxylation is 1. The van der Waals surface area contributed by atoms with E-state index in [1.54, 1.807) is 0 Å². The lowest BCUT2D eigenvalue weighted by Gasteiger charge is -2.31. The Labute approximate surface area is 134 Å². The Hall–Kier alpha value is -0.620. The third kappa shape index (κ3) is 2.97. The number of aliphatic hydroxyl groups excluding tert-OH is 1. The molecule has 21 heavy (non-hydrogen) atoms. The van der Waals surface area contributed by atoms with Crippen LogP contribution < -0.4 is 4.74 Å². The summed E-state index contributed by atoms with van der Waals surface area (Å²) in [6, 6.07) is 1.95. The Morgan fingerprint density at radius 3 is 2.33 bits per heavy atom. The Morgan fingerprint density at radius 1 is 1.24 bits per heavy atom. The third-order valence-corrected chi connectivity index (χ3v) is 5.10. The topological polar surface area (TPSA) is 47.9 Å². The highest BCUT2D eigenvalue weighted by Gasteiger charge is 2.49. The van der Waals surface area contributed by atoms with Crippen molar-refractivity contribution in [2.75, 3.05) is 26.4 Å². The molecule has 0 aromatic heterocycles. The second-order valence-electron chi connectivity index (χ2n) is 5.39. The van der Waals surface area contributed by atoms with E-state index >= 15 is 0 Å². The lowest BCUT2D eigenvalue weighted by atomic mass is 9.91. The fourth-order valence-corrected chi connectivity index (χ4v) is 3.03. The highest BCUT2D eigenvalue weighted by Crippen LogP contribution is 2.48. The van der Waals surface area contributed by atoms with Gasteiger partial charge in [-0.2, -0.15) is 0 Å². The van der Waals surface area contributed by atoms with Crippen molar-refractivity contribution in [3.8, 4) is 5.75 Å². The fraction of sp³-hybridized carbons (Fsp3) is 0.625. The van der Waals surface area contributed by atoms with Crippen molar-refractivity contribution in [3.05, 3.63) is 27.2 Å². The Kier molecular flexibility index (Phi) is 5.30. The fourth-order valence-electron chi connectivity index (χ4n) is 2.71. The Morgan fingerprint density at radius 2 is 1.81 bits per heavy atom. The first-order valence-electron chi connectivity index (χ1n) is 7.29. The van der Waals surface area contributed by atoms with E-state index in [-0.39, 0.29) is 0 Å². The van der Waals surface area contributed by atoms with Gasteiger partial charge in [0, 0.05) is 23.2 Å². The standard InChI is InChI=1S/C16H23BrO4/c1-5-19-8-16(9-20-6-2)15(18)13-11(4)14(17)10(3)7-12(13)21-16/h7,15,18H,5-6,8-9H2,1-4H3. The number of hydrogen-bond acceptors (Lipinski definition) is 4. The molecule has 0 saturated heterocycles. The van der Waals surface area contributed by atoms with Gasteiger partial charge in [0.25, 0.3) is 0 Å². The van der Waals surface area contributed by atoms with Gasteiger partial charge in [-0.1, -0.05) is 15.9 Å². The van der Waals surface area contributed by atoms with E-state index in [0.717, 1.165) is 26.9 Å². The van der Waals surface area contributed by atoms with E-state index in [1.165, 1.54) is 0 Å². The summed E-state index contributed by atoms with van der Waals surface area (Å²) in [6.45, 7) is 9.59. The molecule has 1 aromatic rings. The predicted molar refractivity (Wildman–Crippen MR) is 84.9 cm³/mol. The molecule has 1 aromatic carbocycles. The van der Waals surface area contributed by atoms with Gasteiger partial charge in [0.1, 0.15) is 11.9 Å². The quantitative estimate of drug-likeness (QED) is 0.847. The van der Waals surface area contributed by atoms with E-state index < -0.39 is 11.7 Å². The smallest absolute Gasteiger partial charge is 0.185 e. The van der Waals surface area contributed by atoms with Crippen LogP contribution in [0.4, 0.5) is 0 Å². The SMILES string of the molecule is CCOCC1(COCC)Oc2cc(C)c(Br)c(C)c2C1O. The first-order valence-corrected chi connectivity index (χ1v) is 8.08. The van der Waals surface area contributed by atoms with Crippen LogP contribution in [0.3, 0.4) is 0 Å². The lowest BCUT2D eigenvalue weighted by Crippen LogP contribution is -2.47. The number of ether oxygens (including phenoxy) is 3. The van der Waals surface area contributed by atoms with Crippen LogP contribution in [0, 0.1) is 13.8 Å². The summed E-state index contributed by atoms with van der Waals surface area (Å²) < 4.78 is 18.2. The van der Waals surface area contributed by atoms with Gasteiger partial charge < -0.3 is 19.3 Å². The molecule has 0 aliphatic carbocycles. The number of halogens is 1. The van der Waals surface area contributed by atoms with Crippen LogP contribution in [0.25, 0.3) is 0 Å². The summed E-state index contributed by atoms with van der Waals surface area (Å²) in [5.41, 5.74) is 2.05. The van der Waals surface area contributed by atoms with E-state index in [1.807, 2.05) is 33.8 Å². The van der Waals surface area contributed by atoms with E-state index in [2.05, 4.69) is 15.9 Å². The highest BCUT2D eigenvalue weighted by atomic mass is 79.9. The number of fused-ring (bicyclic) bond motifs is 1. The molecule has 4 nitrogen and oxygen atoms in total. The second-order valence-corrected chi connectivity index (χ2v) is 6.18. The molecule has 0 bridgehead atoms. The normalized spacial score (nSPS) is 19.4. The van der Waals surface area contributed by atoms with Gasteiger partial charge in [-0.25, -0.2) is 0 Å². The van der Waals surface area contributed by atoms with Crippen molar-refractivity contribution in [1.82, 2.24) is 0 Å². The van der Waals surface area contributed by atoms with Crippen molar-refractivity contribution >= 4 is 15.9 Å². The van der Waals surface area contributed by atoms with Crippen LogP contribution in [0.5, 0.6) is 5.75 Å². The van der Waals surface area contributed by atoms with Gasteiger partial charge in [0.05, 0.1) is 13.2 Å². The number of hydrogen-bond donors (Lipinski definition) is 1. The molecule has 0 fully saturated rings. The van der Waals surface area contributed by atoms with Crippen LogP contribution in [-0.2, 0) is 9.47 Å². The molecule has 1 aliphatic rings. The Balaban J connectivity index is 2.40. The summed E-state index contributed by atoms with van der Waals surface area (Å²) >= 11 is 3.57. The van der Waals surface area contributed by atoms with Crippen molar-refractivity contribution in [1.29, 1.82) is 0 Å². The van der Waals surface area contributed by atoms with Crippen molar-refractivity contribution < 1.29 is 19.3 Å². The van der Waals surface area contributed by atoms with E-state index in [9.17, 15) is 5.11 Å². The molecule has 0 saturated carbocycles. The summed E-state index contributed by atoms with van der Waals surface area (Å²) in [5, 5.41) is 10.8. The minimum atomic E-state index is -0.869. The van der Waals surface area contributed by atoms with Crippen LogP contribution >= 0.6 is 15.9 Å². The number of benzene rings is 1. The van der Waals surface area contributed by atoms with Crippen molar-refractivity contribution in [2.24, 2.45) is 0 Å². The molecule has 1 aliphatic heterocycles. The van der Waals surface area contributed by atoms with Gasteiger partial charge in [-0.3, -0.25) is 0 Å². The van der Waals surface area contributed by atoms with Crippen LogP contribution in [0.15, 0.2) is 10.5 Å². The molecular weight excluding hydrogens is 336 g/mol. The van der Waals surface area contributed by atoms with Gasteiger partial charge in [-0.15, -0.1) is 0 Å². The number of aliphatic hydroxyl groups is 1. The molecular formula is C16H23BrO4. The van der Waals surface area contributed by atoms with Gasteiger partial charge in [0.15, 0.2) is 5.60 Å². The average Bonchev–Trinajstić information content (AvgIpc) is 2.73. The number of rotatable bonds is 6. The predicted octanol–water partition coefficient (Wildman–Crippen LogP) is 3.30. The molecule has 118 valence electrons. The zero-order valence-electron chi connectivity index (χ0n) is 13.0. The zero-order chi connectivity index (χ0) is 15.6. The maximum absolute atomic E-state index is 10.8. The van der Waals surface area contributed by atoms with Crippen LogP contribution in [0.2, 0.25) is 0 Å². The molecule has 1 heterocycles. The zero-order valence-corrected chi connectivity index (χ0v) is 14.6. The minimum absolute atomic E-state index is 0.301. The van der Waals surface area contributed by atoms with Crippen molar-refractivity contribution in [2.45, 2.75) is 39.4 Å². The van der Waals surface area contributed by atoms with Crippen LogP contribution in [0.1, 0.15) is 36.6 Å². The summed E-state index contributed by atoms with van der Waals surface area (Å²) in [6.07, 6.45) is -0.762. The summed E-state index contributed by atoms with van der Waals surface area (Å²) in [4.78, 5) is 0. The van der Waals surface area contributed by atoms with Crippen LogP contribution in [-0.4, -0.2) is 37.1 Å². The first kappa shape index (κ1) is 16.7. The third-order valence-electron chi connectivity index (χ3n) is 3.88. The monoisotopic (exact) mass is 358 g/mol. The maximum atomic E-state index is 10.8. The van der Waals surface area contributed by atoms with Crippen molar-refractivity contribution in [3.63, 3.8) is 0 Å². The maximum Gasteiger partial charge on any atom is 0.185 e. The van der Waals surface area contributed by atoms with E-state index in [4.69, 9.17) is 14.2 Å². The molecule has 5 heteroatoms. The average molecular weight is 359 g/mol. The van der Waals surface area contributed by atoms with Gasteiger partial charge in [-0.05, 0) is 44.9 Å².